The van der Waals surface area contributed by atoms with Crippen molar-refractivity contribution >= 4 is 17.1 Å². The van der Waals surface area contributed by atoms with Gasteiger partial charge in [0.1, 0.15) is 11.2 Å². The first-order valence-electron chi connectivity index (χ1n) is 14.0. The summed E-state index contributed by atoms with van der Waals surface area (Å²) in [5.41, 5.74) is 2.68. The lowest BCUT2D eigenvalue weighted by molar-refractivity contribution is -0.138. The fourth-order valence-electron chi connectivity index (χ4n) is 6.65. The monoisotopic (exact) mass is 486 g/mol. The van der Waals surface area contributed by atoms with Gasteiger partial charge in [0.15, 0.2) is 11.5 Å². The van der Waals surface area contributed by atoms with E-state index in [4.69, 9.17) is 4.98 Å². The minimum atomic E-state index is 0.198. The van der Waals surface area contributed by atoms with Crippen LogP contribution in [0.3, 0.4) is 0 Å². The number of pyridine rings is 2. The first-order valence-corrected chi connectivity index (χ1v) is 14.0. The number of carbonyl (C=O) groups excluding carboxylic acids is 1. The summed E-state index contributed by atoms with van der Waals surface area (Å²) in [6, 6.07) is 10.2. The van der Waals surface area contributed by atoms with Crippen molar-refractivity contribution in [3.63, 3.8) is 0 Å². The lowest BCUT2D eigenvalue weighted by atomic mass is 9.87. The van der Waals surface area contributed by atoms with Crippen LogP contribution in [0.5, 0.6) is 0 Å². The molecule has 1 saturated carbocycles. The fourth-order valence-corrected chi connectivity index (χ4v) is 6.65. The lowest BCUT2D eigenvalue weighted by Gasteiger charge is -2.38. The maximum atomic E-state index is 13.4. The van der Waals surface area contributed by atoms with E-state index in [-0.39, 0.29) is 12.0 Å². The Morgan fingerprint density at radius 2 is 1.61 bits per heavy atom. The van der Waals surface area contributed by atoms with Crippen molar-refractivity contribution in [1.82, 2.24) is 29.3 Å². The molecule has 3 fully saturated rings. The Balaban J connectivity index is 1.08. The first-order chi connectivity index (χ1) is 17.8. The van der Waals surface area contributed by atoms with Crippen LogP contribution in [0.2, 0.25) is 0 Å². The van der Waals surface area contributed by atoms with Crippen molar-refractivity contribution in [2.45, 2.75) is 63.8 Å². The van der Waals surface area contributed by atoms with Crippen LogP contribution in [0.4, 0.5) is 0 Å². The number of fused-ring (bicyclic) bond motifs is 1. The van der Waals surface area contributed by atoms with E-state index in [9.17, 15) is 4.79 Å². The minimum absolute atomic E-state index is 0.198. The van der Waals surface area contributed by atoms with Crippen LogP contribution in [-0.2, 0) is 4.79 Å². The first kappa shape index (κ1) is 23.6. The van der Waals surface area contributed by atoms with E-state index in [1.807, 2.05) is 42.7 Å². The van der Waals surface area contributed by atoms with Crippen molar-refractivity contribution in [3.8, 4) is 11.5 Å². The van der Waals surface area contributed by atoms with Crippen molar-refractivity contribution < 1.29 is 4.79 Å². The Bertz CT molecular complexity index is 1150. The molecule has 0 spiro atoms. The van der Waals surface area contributed by atoms with Crippen LogP contribution < -0.4 is 0 Å². The highest BCUT2D eigenvalue weighted by molar-refractivity contribution is 5.79. The molecule has 0 unspecified atom stereocenters. The fraction of sp³-hybridized carbons (Fsp3) is 0.586. The Morgan fingerprint density at radius 3 is 2.36 bits per heavy atom. The second-order valence-electron chi connectivity index (χ2n) is 11.0. The molecule has 1 aliphatic carbocycles. The number of piperidine rings is 2. The van der Waals surface area contributed by atoms with Gasteiger partial charge < -0.3 is 14.4 Å². The molecular weight excluding hydrogens is 448 g/mol. The van der Waals surface area contributed by atoms with Gasteiger partial charge in [0.25, 0.3) is 0 Å². The maximum absolute atomic E-state index is 13.4. The molecule has 36 heavy (non-hydrogen) atoms. The average molecular weight is 487 g/mol. The van der Waals surface area contributed by atoms with Gasteiger partial charge in [-0.1, -0.05) is 25.3 Å². The molecule has 7 nitrogen and oxygen atoms in total. The third-order valence-corrected chi connectivity index (χ3v) is 8.66. The number of hydrogen-bond donors (Lipinski definition) is 0. The van der Waals surface area contributed by atoms with Gasteiger partial charge in [-0.05, 0) is 81.8 Å². The van der Waals surface area contributed by atoms with Gasteiger partial charge in [0.2, 0.25) is 5.91 Å². The van der Waals surface area contributed by atoms with Gasteiger partial charge in [-0.3, -0.25) is 9.78 Å². The van der Waals surface area contributed by atoms with Crippen molar-refractivity contribution in [1.29, 1.82) is 0 Å². The number of nitrogens with zero attached hydrogens (tertiary/aromatic N) is 6. The number of carbonyl (C=O) groups is 1. The number of rotatable bonds is 5. The summed E-state index contributed by atoms with van der Waals surface area (Å²) in [5, 5.41) is 0. The van der Waals surface area contributed by atoms with Crippen LogP contribution in [0.1, 0.15) is 63.8 Å². The number of amides is 1. The zero-order valence-electron chi connectivity index (χ0n) is 21.3. The van der Waals surface area contributed by atoms with E-state index < -0.39 is 0 Å². The van der Waals surface area contributed by atoms with Gasteiger partial charge in [-0.2, -0.15) is 0 Å². The molecule has 0 atom stereocenters. The maximum Gasteiger partial charge on any atom is 0.225 e. The Hall–Kier alpha value is -2.80. The molecular formula is C29H38N6O. The molecule has 0 N–H and O–H groups in total. The second-order valence-corrected chi connectivity index (χ2v) is 11.0. The van der Waals surface area contributed by atoms with Gasteiger partial charge in [0, 0.05) is 44.0 Å². The number of aromatic nitrogens is 4. The van der Waals surface area contributed by atoms with E-state index in [0.29, 0.717) is 5.91 Å². The molecule has 2 saturated heterocycles. The van der Waals surface area contributed by atoms with Crippen LogP contribution in [0, 0.1) is 11.8 Å². The average Bonchev–Trinajstić information content (AvgIpc) is 3.34. The Labute approximate surface area is 213 Å². The molecule has 0 aromatic carbocycles. The Morgan fingerprint density at radius 1 is 0.833 bits per heavy atom. The molecule has 190 valence electrons. The van der Waals surface area contributed by atoms with Crippen molar-refractivity contribution in [2.24, 2.45) is 11.8 Å². The summed E-state index contributed by atoms with van der Waals surface area (Å²) in [6.45, 7) is 5.03. The van der Waals surface area contributed by atoms with E-state index in [1.165, 1.54) is 38.6 Å². The topological polar surface area (TPSA) is 67.2 Å². The van der Waals surface area contributed by atoms with Gasteiger partial charge in [0.05, 0.1) is 0 Å². The summed E-state index contributed by atoms with van der Waals surface area (Å²) in [7, 11) is 0. The quantitative estimate of drug-likeness (QED) is 0.511. The number of likely N-dealkylation sites (tertiary alicyclic amines) is 2. The highest BCUT2D eigenvalue weighted by Crippen LogP contribution is 2.33. The summed E-state index contributed by atoms with van der Waals surface area (Å²) < 4.78 is 2.27. The number of imidazole rings is 1. The minimum Gasteiger partial charge on any atom is -0.342 e. The third-order valence-electron chi connectivity index (χ3n) is 8.66. The van der Waals surface area contributed by atoms with Crippen molar-refractivity contribution in [3.05, 3.63) is 42.7 Å². The third kappa shape index (κ3) is 4.90. The van der Waals surface area contributed by atoms with Crippen LogP contribution in [0.15, 0.2) is 42.7 Å². The number of hydrogen-bond acceptors (Lipinski definition) is 5. The molecule has 7 heteroatoms. The SMILES string of the molecule is O=C(C1CCN(CC2CCCCC2)CC1)N1CCC(n2c(-c3ccccn3)nc3cccnc32)CC1. The molecule has 3 aromatic heterocycles. The zero-order valence-corrected chi connectivity index (χ0v) is 21.3. The normalized spacial score (nSPS) is 21.3. The smallest absolute Gasteiger partial charge is 0.225 e. The molecule has 6 rings (SSSR count). The molecule has 2 aliphatic heterocycles. The van der Waals surface area contributed by atoms with E-state index >= 15 is 0 Å². The predicted molar refractivity (Wildman–Crippen MR) is 141 cm³/mol. The molecule has 3 aromatic rings. The van der Waals surface area contributed by atoms with Crippen LogP contribution >= 0.6 is 0 Å². The second kappa shape index (κ2) is 10.7. The van der Waals surface area contributed by atoms with Gasteiger partial charge in [-0.25, -0.2) is 9.97 Å². The largest absolute Gasteiger partial charge is 0.342 e. The molecule has 0 radical (unpaired) electrons. The summed E-state index contributed by atoms with van der Waals surface area (Å²) >= 11 is 0. The van der Waals surface area contributed by atoms with Crippen LogP contribution in [-0.4, -0.2) is 67.9 Å². The van der Waals surface area contributed by atoms with Crippen molar-refractivity contribution in [2.75, 3.05) is 32.7 Å². The van der Waals surface area contributed by atoms with Gasteiger partial charge in [-0.15, -0.1) is 0 Å². The van der Waals surface area contributed by atoms with Crippen LogP contribution in [0.25, 0.3) is 22.7 Å². The summed E-state index contributed by atoms with van der Waals surface area (Å²) in [5.74, 6) is 2.34. The summed E-state index contributed by atoms with van der Waals surface area (Å²) in [6.07, 6.45) is 14.6. The summed E-state index contributed by atoms with van der Waals surface area (Å²) in [4.78, 5) is 32.3. The van der Waals surface area contributed by atoms with E-state index in [2.05, 4.69) is 24.3 Å². The van der Waals surface area contributed by atoms with Gasteiger partial charge >= 0.3 is 0 Å². The van der Waals surface area contributed by atoms with E-state index in [0.717, 1.165) is 80.5 Å². The Kier molecular flexibility index (Phi) is 6.99. The predicted octanol–water partition coefficient (Wildman–Crippen LogP) is 4.95. The molecule has 3 aliphatic rings. The molecule has 1 amide bonds. The molecule has 5 heterocycles. The standard InChI is InChI=1S/C29H38N6O/c36-29(23-11-17-33(18-12-23)21-22-7-2-1-3-8-22)34-19-13-24(14-20-34)35-27-26(10-6-16-31-27)32-28(35)25-9-4-5-15-30-25/h4-6,9-10,15-16,22-24H,1-3,7-8,11-14,17-21H2. The lowest BCUT2D eigenvalue weighted by Crippen LogP contribution is -2.46. The molecule has 0 bridgehead atoms. The highest BCUT2D eigenvalue weighted by atomic mass is 16.2. The van der Waals surface area contributed by atoms with E-state index in [1.54, 1.807) is 0 Å². The zero-order chi connectivity index (χ0) is 24.3. The highest BCUT2D eigenvalue weighted by Gasteiger charge is 2.33.